The first kappa shape index (κ1) is 15.1. The first-order valence-electron chi connectivity index (χ1n) is 6.40. The van der Waals surface area contributed by atoms with Gasteiger partial charge in [-0.2, -0.15) is 5.10 Å². The minimum absolute atomic E-state index is 0.317. The molecular weight excluding hydrogens is 278 g/mol. The van der Waals surface area contributed by atoms with Crippen LogP contribution in [0.15, 0.2) is 22.9 Å². The monoisotopic (exact) mass is 297 g/mol. The van der Waals surface area contributed by atoms with Crippen molar-refractivity contribution in [1.82, 2.24) is 20.1 Å². The Morgan fingerprint density at radius 2 is 2.30 bits per heavy atom. The maximum absolute atomic E-state index is 6.27. The fourth-order valence-corrected chi connectivity index (χ4v) is 2.34. The number of nitrogens with two attached hydrogens (primary N) is 1. The number of halogens is 1. The van der Waals surface area contributed by atoms with E-state index in [4.69, 9.17) is 21.9 Å². The van der Waals surface area contributed by atoms with Gasteiger partial charge in [0.1, 0.15) is 11.8 Å². The fraction of sp³-hybridized carbons (Fsp3) is 0.462. The molecule has 1 atom stereocenters. The van der Waals surface area contributed by atoms with Gasteiger partial charge in [0.05, 0.1) is 29.7 Å². The minimum Gasteiger partial charge on any atom is -0.467 e. The lowest BCUT2D eigenvalue weighted by Crippen LogP contribution is -2.32. The Labute approximate surface area is 123 Å². The van der Waals surface area contributed by atoms with E-state index in [9.17, 15) is 0 Å². The predicted octanol–water partition coefficient (Wildman–Crippen LogP) is 1.55. The van der Waals surface area contributed by atoms with Gasteiger partial charge in [0.15, 0.2) is 0 Å². The van der Waals surface area contributed by atoms with Gasteiger partial charge in [0.2, 0.25) is 0 Å². The number of hydrogen-bond donors (Lipinski definition) is 2. The highest BCUT2D eigenvalue weighted by Gasteiger charge is 2.25. The first-order chi connectivity index (χ1) is 9.54. The Kier molecular flexibility index (Phi) is 4.82. The van der Waals surface area contributed by atoms with Crippen LogP contribution in [0.25, 0.3) is 0 Å². The molecule has 0 amide bonds. The third-order valence-corrected chi connectivity index (χ3v) is 3.49. The SMILES string of the molecule is Cc1ccoc1C(NN)c1c(Cl)cnn1CCN(C)C. The van der Waals surface area contributed by atoms with Crippen molar-refractivity contribution >= 4 is 11.6 Å². The van der Waals surface area contributed by atoms with E-state index in [1.165, 1.54) is 0 Å². The van der Waals surface area contributed by atoms with Crippen LogP contribution >= 0.6 is 11.6 Å². The van der Waals surface area contributed by atoms with Gasteiger partial charge in [0.25, 0.3) is 0 Å². The second-order valence-corrected chi connectivity index (χ2v) is 5.38. The average molecular weight is 298 g/mol. The van der Waals surface area contributed by atoms with Crippen LogP contribution < -0.4 is 11.3 Å². The van der Waals surface area contributed by atoms with Crippen molar-refractivity contribution in [2.24, 2.45) is 5.84 Å². The third-order valence-electron chi connectivity index (χ3n) is 3.20. The molecule has 0 spiro atoms. The van der Waals surface area contributed by atoms with Crippen molar-refractivity contribution in [3.05, 3.63) is 40.6 Å². The van der Waals surface area contributed by atoms with E-state index in [1.807, 2.05) is 31.8 Å². The summed E-state index contributed by atoms with van der Waals surface area (Å²) in [5.74, 6) is 6.45. The van der Waals surface area contributed by atoms with Gasteiger partial charge in [-0.05, 0) is 32.6 Å². The second kappa shape index (κ2) is 6.41. The van der Waals surface area contributed by atoms with Crippen molar-refractivity contribution in [3.8, 4) is 0 Å². The Balaban J connectivity index is 2.34. The number of hydrogen-bond acceptors (Lipinski definition) is 5. The summed E-state index contributed by atoms with van der Waals surface area (Å²) >= 11 is 6.27. The molecule has 6 nitrogen and oxygen atoms in total. The maximum atomic E-state index is 6.27. The van der Waals surface area contributed by atoms with Crippen LogP contribution in [0, 0.1) is 6.92 Å². The smallest absolute Gasteiger partial charge is 0.131 e. The summed E-state index contributed by atoms with van der Waals surface area (Å²) in [5.41, 5.74) is 4.60. The van der Waals surface area contributed by atoms with E-state index in [0.29, 0.717) is 5.02 Å². The molecule has 0 aliphatic carbocycles. The molecule has 0 aliphatic heterocycles. The molecule has 2 heterocycles. The molecule has 7 heteroatoms. The van der Waals surface area contributed by atoms with E-state index >= 15 is 0 Å². The lowest BCUT2D eigenvalue weighted by molar-refractivity contribution is 0.360. The zero-order chi connectivity index (χ0) is 14.7. The van der Waals surface area contributed by atoms with Crippen LogP contribution in [0.4, 0.5) is 0 Å². The second-order valence-electron chi connectivity index (χ2n) is 4.97. The van der Waals surface area contributed by atoms with Crippen LogP contribution in [-0.2, 0) is 6.54 Å². The van der Waals surface area contributed by atoms with Gasteiger partial charge >= 0.3 is 0 Å². The van der Waals surface area contributed by atoms with E-state index in [0.717, 1.165) is 30.1 Å². The van der Waals surface area contributed by atoms with Crippen LogP contribution in [0.1, 0.15) is 23.1 Å². The molecule has 3 N–H and O–H groups in total. The summed E-state index contributed by atoms with van der Waals surface area (Å²) < 4.78 is 7.38. The summed E-state index contributed by atoms with van der Waals surface area (Å²) in [6.45, 7) is 3.56. The molecule has 1 unspecified atom stereocenters. The van der Waals surface area contributed by atoms with Crippen LogP contribution in [0.3, 0.4) is 0 Å². The number of rotatable bonds is 6. The molecule has 0 bridgehead atoms. The molecule has 2 rings (SSSR count). The van der Waals surface area contributed by atoms with Crippen molar-refractivity contribution in [2.45, 2.75) is 19.5 Å². The van der Waals surface area contributed by atoms with Crippen molar-refractivity contribution in [2.75, 3.05) is 20.6 Å². The van der Waals surface area contributed by atoms with E-state index in [-0.39, 0.29) is 6.04 Å². The molecular formula is C13H20ClN5O. The van der Waals surface area contributed by atoms with E-state index in [1.54, 1.807) is 12.5 Å². The minimum atomic E-state index is -0.317. The number of aromatic nitrogens is 2. The Morgan fingerprint density at radius 1 is 1.55 bits per heavy atom. The lowest BCUT2D eigenvalue weighted by Gasteiger charge is -2.18. The first-order valence-corrected chi connectivity index (χ1v) is 6.78. The normalized spacial score (nSPS) is 13.1. The third kappa shape index (κ3) is 3.04. The van der Waals surface area contributed by atoms with Crippen LogP contribution in [0.2, 0.25) is 5.02 Å². The standard InChI is InChI=1S/C13H20ClN5O/c1-9-4-7-20-13(9)11(17-15)12-10(14)8-16-19(12)6-5-18(2)3/h4,7-8,11,17H,5-6,15H2,1-3H3. The Morgan fingerprint density at radius 3 is 2.85 bits per heavy atom. The van der Waals surface area contributed by atoms with Crippen molar-refractivity contribution < 1.29 is 4.42 Å². The molecule has 0 fully saturated rings. The summed E-state index contributed by atoms with van der Waals surface area (Å²) in [6, 6.07) is 1.58. The number of nitrogens with zero attached hydrogens (tertiary/aromatic N) is 3. The zero-order valence-electron chi connectivity index (χ0n) is 11.9. The van der Waals surface area contributed by atoms with Gasteiger partial charge in [-0.3, -0.25) is 10.5 Å². The molecule has 0 aliphatic rings. The highest BCUT2D eigenvalue weighted by molar-refractivity contribution is 6.31. The van der Waals surface area contributed by atoms with E-state index < -0.39 is 0 Å². The molecule has 0 saturated carbocycles. The van der Waals surface area contributed by atoms with Gasteiger partial charge in [0, 0.05) is 6.54 Å². The molecule has 0 radical (unpaired) electrons. The molecule has 2 aromatic heterocycles. The predicted molar refractivity (Wildman–Crippen MR) is 78.4 cm³/mol. The topological polar surface area (TPSA) is 72.2 Å². The zero-order valence-corrected chi connectivity index (χ0v) is 12.7. The molecule has 20 heavy (non-hydrogen) atoms. The van der Waals surface area contributed by atoms with Gasteiger partial charge < -0.3 is 9.32 Å². The van der Waals surface area contributed by atoms with Gasteiger partial charge in [-0.25, -0.2) is 5.43 Å². The number of nitrogens with one attached hydrogen (secondary N) is 1. The van der Waals surface area contributed by atoms with Crippen LogP contribution in [0.5, 0.6) is 0 Å². The fourth-order valence-electron chi connectivity index (χ4n) is 2.09. The maximum Gasteiger partial charge on any atom is 0.131 e. The molecule has 0 saturated heterocycles. The van der Waals surface area contributed by atoms with Gasteiger partial charge in [-0.15, -0.1) is 0 Å². The van der Waals surface area contributed by atoms with Gasteiger partial charge in [-0.1, -0.05) is 11.6 Å². The molecule has 110 valence electrons. The van der Waals surface area contributed by atoms with Crippen LogP contribution in [-0.4, -0.2) is 35.3 Å². The summed E-state index contributed by atoms with van der Waals surface area (Å²) in [5, 5.41) is 4.89. The highest BCUT2D eigenvalue weighted by Crippen LogP contribution is 2.30. The summed E-state index contributed by atoms with van der Waals surface area (Å²) in [6.07, 6.45) is 3.28. The average Bonchev–Trinajstić information content (AvgIpc) is 2.97. The summed E-state index contributed by atoms with van der Waals surface area (Å²) in [4.78, 5) is 2.09. The van der Waals surface area contributed by atoms with Crippen molar-refractivity contribution in [1.29, 1.82) is 0 Å². The number of furan rings is 1. The Hall–Kier alpha value is -1.34. The molecule has 2 aromatic rings. The number of aryl methyl sites for hydroxylation is 1. The summed E-state index contributed by atoms with van der Waals surface area (Å²) in [7, 11) is 4.03. The largest absolute Gasteiger partial charge is 0.467 e. The van der Waals surface area contributed by atoms with E-state index in [2.05, 4.69) is 15.4 Å². The number of likely N-dealkylation sites (N-methyl/N-ethyl adjacent to an activating group) is 1. The quantitative estimate of drug-likeness (QED) is 0.625. The lowest BCUT2D eigenvalue weighted by atomic mass is 10.1. The molecule has 0 aromatic carbocycles. The highest BCUT2D eigenvalue weighted by atomic mass is 35.5. The Bertz CT molecular complexity index is 563. The number of hydrazine groups is 1. The van der Waals surface area contributed by atoms with Crippen molar-refractivity contribution in [3.63, 3.8) is 0 Å².